The van der Waals surface area contributed by atoms with Crippen molar-refractivity contribution in [2.24, 2.45) is 7.05 Å². The molecule has 8 heteroatoms. The summed E-state index contributed by atoms with van der Waals surface area (Å²) in [5.74, 6) is -0.167. The van der Waals surface area contributed by atoms with Gasteiger partial charge in [-0.1, -0.05) is 6.07 Å². The number of anilines is 2. The number of hydrogen-bond acceptors (Lipinski definition) is 5. The molecule has 7 nitrogen and oxygen atoms in total. The lowest BCUT2D eigenvalue weighted by atomic mass is 9.99. The number of nitrogens with one attached hydrogen (secondary N) is 2. The minimum absolute atomic E-state index is 0.0506. The van der Waals surface area contributed by atoms with Crippen LogP contribution in [0.3, 0.4) is 0 Å². The summed E-state index contributed by atoms with van der Waals surface area (Å²) < 4.78 is 1.61. The van der Waals surface area contributed by atoms with E-state index in [1.165, 1.54) is 11.3 Å². The fraction of sp³-hybridized carbons (Fsp3) is 0.222. The van der Waals surface area contributed by atoms with Crippen LogP contribution in [0.15, 0.2) is 29.8 Å². The first-order valence-corrected chi connectivity index (χ1v) is 9.08. The highest BCUT2D eigenvalue weighted by Gasteiger charge is 2.17. The molecule has 3 aromatic rings. The molecule has 26 heavy (non-hydrogen) atoms. The molecule has 0 saturated carbocycles. The number of thiazole rings is 1. The second-order valence-electron chi connectivity index (χ2n) is 6.21. The SMILES string of the molecule is Cc1nn(C)cc1C(=O)Nc1nc(-c2ccc3c(c2)CCC(=O)N3)cs1. The average molecular weight is 367 g/mol. The molecule has 0 fully saturated rings. The zero-order valence-corrected chi connectivity index (χ0v) is 15.2. The Balaban J connectivity index is 1.54. The van der Waals surface area contributed by atoms with E-state index < -0.39 is 0 Å². The van der Waals surface area contributed by atoms with E-state index in [2.05, 4.69) is 20.7 Å². The highest BCUT2D eigenvalue weighted by atomic mass is 32.1. The summed E-state index contributed by atoms with van der Waals surface area (Å²) in [6, 6.07) is 5.87. The van der Waals surface area contributed by atoms with Gasteiger partial charge in [-0.05, 0) is 31.0 Å². The topological polar surface area (TPSA) is 88.9 Å². The van der Waals surface area contributed by atoms with Crippen LogP contribution < -0.4 is 10.6 Å². The highest BCUT2D eigenvalue weighted by Crippen LogP contribution is 2.30. The van der Waals surface area contributed by atoms with Gasteiger partial charge in [0, 0.05) is 36.3 Å². The van der Waals surface area contributed by atoms with Gasteiger partial charge in [0.1, 0.15) is 0 Å². The summed E-state index contributed by atoms with van der Waals surface area (Å²) in [6.45, 7) is 1.80. The van der Waals surface area contributed by atoms with Crippen molar-refractivity contribution < 1.29 is 9.59 Å². The Morgan fingerprint density at radius 1 is 1.35 bits per heavy atom. The Hall–Kier alpha value is -3.00. The molecule has 2 aromatic heterocycles. The lowest BCUT2D eigenvalue weighted by Crippen LogP contribution is -2.18. The van der Waals surface area contributed by atoms with Gasteiger partial charge in [0.15, 0.2) is 5.13 Å². The second kappa shape index (κ2) is 6.38. The Bertz CT molecular complexity index is 1020. The summed E-state index contributed by atoms with van der Waals surface area (Å²) in [5, 5.41) is 12.3. The van der Waals surface area contributed by atoms with Crippen LogP contribution in [0.4, 0.5) is 10.8 Å². The molecule has 0 saturated heterocycles. The number of nitrogens with zero attached hydrogens (tertiary/aromatic N) is 3. The number of aryl methyl sites for hydroxylation is 3. The molecule has 1 aliphatic heterocycles. The van der Waals surface area contributed by atoms with E-state index >= 15 is 0 Å². The molecular formula is C18H17N5O2S. The largest absolute Gasteiger partial charge is 0.326 e. The monoisotopic (exact) mass is 367 g/mol. The Morgan fingerprint density at radius 3 is 2.96 bits per heavy atom. The number of rotatable bonds is 3. The number of carbonyl (C=O) groups is 2. The Kier molecular flexibility index (Phi) is 4.04. The number of aromatic nitrogens is 3. The van der Waals surface area contributed by atoms with Crippen molar-refractivity contribution in [1.82, 2.24) is 14.8 Å². The van der Waals surface area contributed by atoms with Crippen LogP contribution in [0.5, 0.6) is 0 Å². The fourth-order valence-electron chi connectivity index (χ4n) is 2.99. The quantitative estimate of drug-likeness (QED) is 0.745. The zero-order chi connectivity index (χ0) is 18.3. The fourth-order valence-corrected chi connectivity index (χ4v) is 3.71. The molecule has 0 aliphatic carbocycles. The van der Waals surface area contributed by atoms with Crippen LogP contribution in [0, 0.1) is 6.92 Å². The van der Waals surface area contributed by atoms with E-state index in [-0.39, 0.29) is 11.8 Å². The molecular weight excluding hydrogens is 350 g/mol. The molecule has 0 spiro atoms. The van der Waals surface area contributed by atoms with E-state index in [0.717, 1.165) is 28.9 Å². The summed E-state index contributed by atoms with van der Waals surface area (Å²) >= 11 is 1.38. The first-order valence-electron chi connectivity index (χ1n) is 8.20. The van der Waals surface area contributed by atoms with Crippen molar-refractivity contribution in [3.05, 3.63) is 46.6 Å². The minimum Gasteiger partial charge on any atom is -0.326 e. The van der Waals surface area contributed by atoms with E-state index in [4.69, 9.17) is 0 Å². The third-order valence-corrected chi connectivity index (χ3v) is 5.04. The smallest absolute Gasteiger partial charge is 0.260 e. The number of fused-ring (bicyclic) bond motifs is 1. The predicted octanol–water partition coefficient (Wildman–Crippen LogP) is 2.99. The molecule has 0 bridgehead atoms. The molecule has 0 unspecified atom stereocenters. The number of hydrogen-bond donors (Lipinski definition) is 2. The van der Waals surface area contributed by atoms with Crippen molar-refractivity contribution in [3.8, 4) is 11.3 Å². The molecule has 0 radical (unpaired) electrons. The van der Waals surface area contributed by atoms with E-state index in [0.29, 0.717) is 22.8 Å². The van der Waals surface area contributed by atoms with Crippen LogP contribution >= 0.6 is 11.3 Å². The summed E-state index contributed by atoms with van der Waals surface area (Å²) in [5.41, 5.74) is 4.95. The van der Waals surface area contributed by atoms with Crippen LogP contribution in [0.25, 0.3) is 11.3 Å². The number of benzene rings is 1. The lowest BCUT2D eigenvalue weighted by Gasteiger charge is -2.17. The second-order valence-corrected chi connectivity index (χ2v) is 7.07. The van der Waals surface area contributed by atoms with Crippen molar-refractivity contribution in [3.63, 3.8) is 0 Å². The summed E-state index contributed by atoms with van der Waals surface area (Å²) in [4.78, 5) is 28.4. The van der Waals surface area contributed by atoms with E-state index in [1.54, 1.807) is 24.9 Å². The molecule has 2 amide bonds. The van der Waals surface area contributed by atoms with Gasteiger partial charge >= 0.3 is 0 Å². The van der Waals surface area contributed by atoms with Gasteiger partial charge in [-0.15, -0.1) is 11.3 Å². The van der Waals surface area contributed by atoms with Gasteiger partial charge < -0.3 is 5.32 Å². The van der Waals surface area contributed by atoms with Gasteiger partial charge in [-0.25, -0.2) is 4.98 Å². The molecule has 132 valence electrons. The lowest BCUT2D eigenvalue weighted by molar-refractivity contribution is -0.116. The molecule has 3 heterocycles. The maximum Gasteiger partial charge on any atom is 0.260 e. The van der Waals surface area contributed by atoms with Gasteiger partial charge in [-0.3, -0.25) is 19.6 Å². The van der Waals surface area contributed by atoms with Crippen molar-refractivity contribution in [1.29, 1.82) is 0 Å². The normalized spacial score (nSPS) is 13.2. The van der Waals surface area contributed by atoms with Gasteiger partial charge in [-0.2, -0.15) is 5.10 Å². The Labute approximate surface area is 154 Å². The summed E-state index contributed by atoms with van der Waals surface area (Å²) in [7, 11) is 1.78. The minimum atomic E-state index is -0.218. The maximum atomic E-state index is 12.4. The Morgan fingerprint density at radius 2 is 2.19 bits per heavy atom. The van der Waals surface area contributed by atoms with Crippen LogP contribution in [0.2, 0.25) is 0 Å². The van der Waals surface area contributed by atoms with E-state index in [9.17, 15) is 9.59 Å². The molecule has 2 N–H and O–H groups in total. The first kappa shape index (κ1) is 16.5. The summed E-state index contributed by atoms with van der Waals surface area (Å²) in [6.07, 6.45) is 2.92. The maximum absolute atomic E-state index is 12.4. The van der Waals surface area contributed by atoms with Crippen molar-refractivity contribution in [2.75, 3.05) is 10.6 Å². The standard InChI is InChI=1S/C18H17N5O2S/c1-10-13(8-23(2)22-10)17(25)21-18-20-15(9-26-18)12-3-5-14-11(7-12)4-6-16(24)19-14/h3,5,7-9H,4,6H2,1-2H3,(H,19,24)(H,20,21,25). The average Bonchev–Trinajstić information content (AvgIpc) is 3.20. The first-order chi connectivity index (χ1) is 12.5. The molecule has 1 aliphatic rings. The molecule has 1 aromatic carbocycles. The zero-order valence-electron chi connectivity index (χ0n) is 14.4. The molecule has 0 atom stereocenters. The van der Waals surface area contributed by atoms with E-state index in [1.807, 2.05) is 23.6 Å². The van der Waals surface area contributed by atoms with Crippen molar-refractivity contribution >= 4 is 34.0 Å². The van der Waals surface area contributed by atoms with Gasteiger partial charge in [0.05, 0.1) is 17.0 Å². The van der Waals surface area contributed by atoms with Gasteiger partial charge in [0.2, 0.25) is 5.91 Å². The highest BCUT2D eigenvalue weighted by molar-refractivity contribution is 7.14. The van der Waals surface area contributed by atoms with Crippen LogP contribution in [-0.2, 0) is 18.3 Å². The third kappa shape index (κ3) is 3.11. The van der Waals surface area contributed by atoms with Crippen molar-refractivity contribution in [2.45, 2.75) is 19.8 Å². The van der Waals surface area contributed by atoms with Gasteiger partial charge in [0.25, 0.3) is 5.91 Å². The van der Waals surface area contributed by atoms with Crippen LogP contribution in [-0.4, -0.2) is 26.6 Å². The predicted molar refractivity (Wildman–Crippen MR) is 100 cm³/mol. The molecule has 4 rings (SSSR count). The number of carbonyl (C=O) groups excluding carboxylic acids is 2. The number of amides is 2. The third-order valence-electron chi connectivity index (χ3n) is 4.28. The van der Waals surface area contributed by atoms with Crippen LogP contribution in [0.1, 0.15) is 28.0 Å².